The molecule has 3 atom stereocenters. The zero-order chi connectivity index (χ0) is 38.0. The summed E-state index contributed by atoms with van der Waals surface area (Å²) < 4.78 is 0. The van der Waals surface area contributed by atoms with E-state index < -0.39 is 18.2 Å². The maximum atomic E-state index is 12.4. The Bertz CT molecular complexity index is 809. The minimum absolute atomic E-state index is 0.00488. The highest BCUT2D eigenvalue weighted by atomic mass is 16.3. The van der Waals surface area contributed by atoms with Crippen molar-refractivity contribution in [1.82, 2.24) is 5.32 Å². The van der Waals surface area contributed by atoms with Crippen LogP contribution in [0.3, 0.4) is 0 Å². The number of rotatable bonds is 41. The molecule has 0 heterocycles. The highest BCUT2D eigenvalue weighted by Gasteiger charge is 2.20. The van der Waals surface area contributed by atoms with E-state index in [9.17, 15) is 20.1 Å². The molecule has 0 bridgehead atoms. The topological polar surface area (TPSA) is 89.8 Å². The van der Waals surface area contributed by atoms with Gasteiger partial charge in [-0.1, -0.05) is 224 Å². The first-order valence-corrected chi connectivity index (χ1v) is 22.8. The van der Waals surface area contributed by atoms with Crippen molar-refractivity contribution >= 4 is 5.91 Å². The summed E-state index contributed by atoms with van der Waals surface area (Å²) in [6.45, 7) is 4.15. The molecule has 0 saturated carbocycles. The third-order valence-corrected chi connectivity index (χ3v) is 10.4. The van der Waals surface area contributed by atoms with E-state index in [0.29, 0.717) is 6.42 Å². The van der Waals surface area contributed by atoms with Crippen LogP contribution in [0.1, 0.15) is 232 Å². The van der Waals surface area contributed by atoms with Crippen LogP contribution in [0.15, 0.2) is 36.5 Å². The second-order valence-electron chi connectivity index (χ2n) is 15.6. The van der Waals surface area contributed by atoms with Gasteiger partial charge in [-0.25, -0.2) is 0 Å². The number of hydrogen-bond acceptors (Lipinski definition) is 4. The predicted molar refractivity (Wildman–Crippen MR) is 227 cm³/mol. The molecule has 1 amide bonds. The zero-order valence-corrected chi connectivity index (χ0v) is 34.7. The number of nitrogens with one attached hydrogen (secondary N) is 1. The lowest BCUT2D eigenvalue weighted by Crippen LogP contribution is -2.45. The highest BCUT2D eigenvalue weighted by Crippen LogP contribution is 2.16. The van der Waals surface area contributed by atoms with E-state index in [1.165, 1.54) is 167 Å². The lowest BCUT2D eigenvalue weighted by atomic mass is 10.0. The van der Waals surface area contributed by atoms with Crippen molar-refractivity contribution < 1.29 is 20.1 Å². The molecule has 52 heavy (non-hydrogen) atoms. The Hall–Kier alpha value is -1.43. The van der Waals surface area contributed by atoms with Crippen molar-refractivity contribution in [2.24, 2.45) is 0 Å². The number of carbonyl (C=O) groups excluding carboxylic acids is 1. The normalized spacial score (nSPS) is 13.9. The highest BCUT2D eigenvalue weighted by molar-refractivity contribution is 5.76. The quantitative estimate of drug-likeness (QED) is 0.0372. The van der Waals surface area contributed by atoms with E-state index in [1.54, 1.807) is 6.08 Å². The summed E-state index contributed by atoms with van der Waals surface area (Å²) in [4.78, 5) is 12.4. The smallest absolute Gasteiger partial charge is 0.222 e. The van der Waals surface area contributed by atoms with Gasteiger partial charge in [0.15, 0.2) is 0 Å². The molecule has 0 aromatic rings. The van der Waals surface area contributed by atoms with Gasteiger partial charge >= 0.3 is 0 Å². The van der Waals surface area contributed by atoms with E-state index in [0.717, 1.165) is 38.5 Å². The zero-order valence-electron chi connectivity index (χ0n) is 34.7. The standard InChI is InChI=1S/C47H89NO4/c1-3-5-7-9-11-13-15-17-18-19-20-21-22-23-24-25-26-27-28-29-30-32-34-36-38-40-44(50)42-47(52)48-45(43-49)46(51)41-39-37-35-33-31-16-14-12-10-8-6-4-2/h10,12,31,33,39,41,44-46,49-51H,3-9,11,13-30,32,34-38,40,42-43H2,1-2H3,(H,48,52)/b12-10+,33-31+,41-39+. The molecular weight excluding hydrogens is 643 g/mol. The van der Waals surface area contributed by atoms with Crippen molar-refractivity contribution in [3.05, 3.63) is 36.5 Å². The number of hydrogen-bond donors (Lipinski definition) is 4. The Labute approximate surface area is 324 Å². The first-order chi connectivity index (χ1) is 25.5. The number of aliphatic hydroxyl groups excluding tert-OH is 3. The molecule has 306 valence electrons. The molecular formula is C47H89NO4. The van der Waals surface area contributed by atoms with E-state index in [4.69, 9.17) is 0 Å². The van der Waals surface area contributed by atoms with Gasteiger partial charge < -0.3 is 20.6 Å². The van der Waals surface area contributed by atoms with Gasteiger partial charge in [0.2, 0.25) is 5.91 Å². The fourth-order valence-electron chi connectivity index (χ4n) is 6.89. The summed E-state index contributed by atoms with van der Waals surface area (Å²) in [5.41, 5.74) is 0. The van der Waals surface area contributed by atoms with Crippen molar-refractivity contribution in [2.75, 3.05) is 6.61 Å². The van der Waals surface area contributed by atoms with Crippen LogP contribution in [0.2, 0.25) is 0 Å². The number of amides is 1. The molecule has 0 aliphatic carbocycles. The first kappa shape index (κ1) is 50.6. The molecule has 0 saturated heterocycles. The van der Waals surface area contributed by atoms with Crippen LogP contribution in [0.5, 0.6) is 0 Å². The Morgan fingerprint density at radius 3 is 1.21 bits per heavy atom. The largest absolute Gasteiger partial charge is 0.394 e. The molecule has 4 N–H and O–H groups in total. The van der Waals surface area contributed by atoms with Crippen LogP contribution in [0, 0.1) is 0 Å². The summed E-state index contributed by atoms with van der Waals surface area (Å²) in [6.07, 6.45) is 53.1. The average Bonchev–Trinajstić information content (AvgIpc) is 3.14. The Morgan fingerprint density at radius 1 is 0.481 bits per heavy atom. The molecule has 0 radical (unpaired) electrons. The summed E-state index contributed by atoms with van der Waals surface area (Å²) in [5.74, 6) is -0.328. The van der Waals surface area contributed by atoms with Crippen LogP contribution in [0.25, 0.3) is 0 Å². The van der Waals surface area contributed by atoms with E-state index in [2.05, 4.69) is 43.5 Å². The molecule has 0 fully saturated rings. The average molecular weight is 732 g/mol. The van der Waals surface area contributed by atoms with Crippen LogP contribution >= 0.6 is 0 Å². The molecule has 5 nitrogen and oxygen atoms in total. The summed E-state index contributed by atoms with van der Waals surface area (Å²) in [6, 6.07) is -0.764. The predicted octanol–water partition coefficient (Wildman–Crippen LogP) is 13.2. The molecule has 5 heteroatoms. The third-order valence-electron chi connectivity index (χ3n) is 10.4. The van der Waals surface area contributed by atoms with Crippen molar-refractivity contribution in [1.29, 1.82) is 0 Å². The van der Waals surface area contributed by atoms with Crippen LogP contribution in [0.4, 0.5) is 0 Å². The van der Waals surface area contributed by atoms with Gasteiger partial charge in [-0.15, -0.1) is 0 Å². The number of aliphatic hydroxyl groups is 3. The molecule has 0 aliphatic rings. The molecule has 0 spiro atoms. The minimum Gasteiger partial charge on any atom is -0.394 e. The monoisotopic (exact) mass is 732 g/mol. The van der Waals surface area contributed by atoms with Crippen LogP contribution < -0.4 is 5.32 Å². The summed E-state index contributed by atoms with van der Waals surface area (Å²) >= 11 is 0. The third kappa shape index (κ3) is 38.3. The van der Waals surface area contributed by atoms with Gasteiger partial charge in [-0.3, -0.25) is 4.79 Å². The SMILES string of the molecule is CCCC/C=C/CC/C=C/CC/C=C/C(O)C(CO)NC(=O)CC(O)CCCCCCCCCCCCCCCCCCCCCCCCCCC. The Kier molecular flexibility index (Phi) is 41.1. The molecule has 0 aromatic heterocycles. The van der Waals surface area contributed by atoms with Crippen LogP contribution in [-0.2, 0) is 4.79 Å². The molecule has 3 unspecified atom stereocenters. The lowest BCUT2D eigenvalue weighted by Gasteiger charge is -2.21. The summed E-state index contributed by atoms with van der Waals surface area (Å²) in [5, 5.41) is 33.1. The van der Waals surface area contributed by atoms with Gasteiger partial charge in [0, 0.05) is 0 Å². The van der Waals surface area contributed by atoms with Gasteiger partial charge in [0.25, 0.3) is 0 Å². The van der Waals surface area contributed by atoms with Gasteiger partial charge in [-0.2, -0.15) is 0 Å². The first-order valence-electron chi connectivity index (χ1n) is 22.8. The number of allylic oxidation sites excluding steroid dienone is 5. The van der Waals surface area contributed by atoms with E-state index in [1.807, 2.05) is 6.08 Å². The summed E-state index contributed by atoms with van der Waals surface area (Å²) in [7, 11) is 0. The van der Waals surface area contributed by atoms with E-state index in [-0.39, 0.29) is 18.9 Å². The second-order valence-corrected chi connectivity index (χ2v) is 15.6. The van der Waals surface area contributed by atoms with Gasteiger partial charge in [0.05, 0.1) is 31.3 Å². The number of unbranched alkanes of at least 4 members (excludes halogenated alkanes) is 28. The number of carbonyl (C=O) groups is 1. The van der Waals surface area contributed by atoms with Crippen molar-refractivity contribution in [3.63, 3.8) is 0 Å². The maximum Gasteiger partial charge on any atom is 0.222 e. The van der Waals surface area contributed by atoms with Crippen molar-refractivity contribution in [3.8, 4) is 0 Å². The Balaban J connectivity index is 3.58. The second kappa shape index (κ2) is 42.3. The van der Waals surface area contributed by atoms with Crippen molar-refractivity contribution in [2.45, 2.75) is 250 Å². The minimum atomic E-state index is -0.956. The lowest BCUT2D eigenvalue weighted by molar-refractivity contribution is -0.124. The maximum absolute atomic E-state index is 12.4. The van der Waals surface area contributed by atoms with Crippen LogP contribution in [-0.4, -0.2) is 46.1 Å². The fourth-order valence-corrected chi connectivity index (χ4v) is 6.89. The molecule has 0 aromatic carbocycles. The fraction of sp³-hybridized carbons (Fsp3) is 0.851. The molecule has 0 rings (SSSR count). The van der Waals surface area contributed by atoms with Gasteiger partial charge in [-0.05, 0) is 38.5 Å². The Morgan fingerprint density at radius 2 is 0.827 bits per heavy atom. The van der Waals surface area contributed by atoms with Gasteiger partial charge in [0.1, 0.15) is 0 Å². The molecule has 0 aliphatic heterocycles. The van der Waals surface area contributed by atoms with E-state index >= 15 is 0 Å².